The van der Waals surface area contributed by atoms with Crippen molar-refractivity contribution in [1.82, 2.24) is 5.32 Å². The molecule has 1 aromatic carbocycles. The van der Waals surface area contributed by atoms with Crippen LogP contribution in [0.1, 0.15) is 36.5 Å². The normalized spacial score (nSPS) is 22.2. The standard InChI is InChI=1S/C13H15ClN2O3/c1-8-3-2-4-12(8)15-13(17)10-7-9(16(18)19)5-6-11(10)14/h5-8,12H,2-4H2,1H3,(H,15,17). The summed E-state index contributed by atoms with van der Waals surface area (Å²) >= 11 is 5.93. The van der Waals surface area contributed by atoms with E-state index in [2.05, 4.69) is 12.2 Å². The average Bonchev–Trinajstić information content (AvgIpc) is 2.75. The Hall–Kier alpha value is -1.62. The Balaban J connectivity index is 2.18. The zero-order valence-electron chi connectivity index (χ0n) is 10.6. The van der Waals surface area contributed by atoms with E-state index in [1.807, 2.05) is 0 Å². The van der Waals surface area contributed by atoms with Gasteiger partial charge < -0.3 is 5.32 Å². The predicted molar refractivity (Wildman–Crippen MR) is 72.4 cm³/mol. The second kappa shape index (κ2) is 5.57. The summed E-state index contributed by atoms with van der Waals surface area (Å²) in [4.78, 5) is 22.3. The van der Waals surface area contributed by atoms with Gasteiger partial charge >= 0.3 is 0 Å². The summed E-state index contributed by atoms with van der Waals surface area (Å²) in [6.07, 6.45) is 3.13. The Morgan fingerprint density at radius 1 is 1.47 bits per heavy atom. The minimum Gasteiger partial charge on any atom is -0.349 e. The van der Waals surface area contributed by atoms with E-state index in [1.165, 1.54) is 18.2 Å². The van der Waals surface area contributed by atoms with Crippen molar-refractivity contribution in [2.24, 2.45) is 5.92 Å². The third-order valence-electron chi connectivity index (χ3n) is 3.58. The summed E-state index contributed by atoms with van der Waals surface area (Å²) in [6, 6.07) is 4.02. The number of carbonyl (C=O) groups is 1. The number of nitro groups is 1. The van der Waals surface area contributed by atoms with Crippen molar-refractivity contribution >= 4 is 23.2 Å². The first-order chi connectivity index (χ1) is 8.99. The number of benzene rings is 1. The van der Waals surface area contributed by atoms with E-state index in [0.717, 1.165) is 19.3 Å². The molecule has 1 saturated carbocycles. The SMILES string of the molecule is CC1CCCC1NC(=O)c1cc([N+](=O)[O-])ccc1Cl. The third-order valence-corrected chi connectivity index (χ3v) is 3.91. The molecule has 2 atom stereocenters. The summed E-state index contributed by atoms with van der Waals surface area (Å²) in [5, 5.41) is 13.9. The van der Waals surface area contributed by atoms with Crippen LogP contribution in [0.4, 0.5) is 5.69 Å². The van der Waals surface area contributed by atoms with E-state index in [1.54, 1.807) is 0 Å². The molecule has 0 aliphatic heterocycles. The molecule has 102 valence electrons. The van der Waals surface area contributed by atoms with Gasteiger partial charge in [0.2, 0.25) is 0 Å². The summed E-state index contributed by atoms with van der Waals surface area (Å²) < 4.78 is 0. The fourth-order valence-corrected chi connectivity index (χ4v) is 2.61. The fraction of sp³-hybridized carbons (Fsp3) is 0.462. The molecule has 1 aliphatic rings. The minimum atomic E-state index is -0.536. The molecule has 1 fully saturated rings. The number of nitro benzene ring substituents is 1. The topological polar surface area (TPSA) is 72.2 Å². The maximum Gasteiger partial charge on any atom is 0.270 e. The summed E-state index contributed by atoms with van der Waals surface area (Å²) in [6.45, 7) is 2.09. The number of carbonyl (C=O) groups excluding carboxylic acids is 1. The van der Waals surface area contributed by atoms with Crippen molar-refractivity contribution in [2.75, 3.05) is 0 Å². The number of rotatable bonds is 3. The summed E-state index contributed by atoms with van der Waals surface area (Å²) in [5.74, 6) is 0.0915. The number of nitrogens with one attached hydrogen (secondary N) is 1. The van der Waals surface area contributed by atoms with Crippen LogP contribution in [0.2, 0.25) is 5.02 Å². The lowest BCUT2D eigenvalue weighted by Gasteiger charge is -2.17. The first-order valence-corrected chi connectivity index (χ1v) is 6.61. The maximum atomic E-state index is 12.1. The highest BCUT2D eigenvalue weighted by Crippen LogP contribution is 2.26. The first-order valence-electron chi connectivity index (χ1n) is 6.24. The number of non-ortho nitro benzene ring substituents is 1. The lowest BCUT2D eigenvalue weighted by Crippen LogP contribution is -2.36. The van der Waals surface area contributed by atoms with E-state index in [0.29, 0.717) is 5.92 Å². The first kappa shape index (κ1) is 13.8. The molecule has 19 heavy (non-hydrogen) atoms. The van der Waals surface area contributed by atoms with Crippen LogP contribution in [0.3, 0.4) is 0 Å². The molecule has 1 aliphatic carbocycles. The van der Waals surface area contributed by atoms with Gasteiger partial charge in [0.05, 0.1) is 15.5 Å². The summed E-state index contributed by atoms with van der Waals surface area (Å²) in [5.41, 5.74) is 0.0315. The molecular formula is C13H15ClN2O3. The van der Waals surface area contributed by atoms with Gasteiger partial charge in [0, 0.05) is 18.2 Å². The number of hydrogen-bond acceptors (Lipinski definition) is 3. The van der Waals surface area contributed by atoms with Gasteiger partial charge in [0.25, 0.3) is 11.6 Å². The minimum absolute atomic E-state index is 0.128. The van der Waals surface area contributed by atoms with Gasteiger partial charge in [-0.2, -0.15) is 0 Å². The molecular weight excluding hydrogens is 268 g/mol. The highest BCUT2D eigenvalue weighted by atomic mass is 35.5. The molecule has 0 radical (unpaired) electrons. The van der Waals surface area contributed by atoms with Crippen LogP contribution >= 0.6 is 11.6 Å². The van der Waals surface area contributed by atoms with E-state index < -0.39 is 4.92 Å². The van der Waals surface area contributed by atoms with Gasteiger partial charge in [-0.25, -0.2) is 0 Å². The van der Waals surface area contributed by atoms with Crippen LogP contribution in [-0.4, -0.2) is 16.9 Å². The van der Waals surface area contributed by atoms with Gasteiger partial charge in [-0.15, -0.1) is 0 Å². The fourth-order valence-electron chi connectivity index (χ4n) is 2.41. The lowest BCUT2D eigenvalue weighted by molar-refractivity contribution is -0.384. The molecule has 0 heterocycles. The van der Waals surface area contributed by atoms with Gasteiger partial charge in [-0.3, -0.25) is 14.9 Å². The van der Waals surface area contributed by atoms with Gasteiger partial charge in [0.1, 0.15) is 0 Å². The van der Waals surface area contributed by atoms with Gasteiger partial charge in [-0.05, 0) is 24.8 Å². The lowest BCUT2D eigenvalue weighted by atomic mass is 10.1. The Bertz CT molecular complexity index is 519. The Morgan fingerprint density at radius 3 is 2.79 bits per heavy atom. The van der Waals surface area contributed by atoms with E-state index in [9.17, 15) is 14.9 Å². The Labute approximate surface area is 116 Å². The Kier molecular flexibility index (Phi) is 4.04. The molecule has 0 bridgehead atoms. The molecule has 1 N–H and O–H groups in total. The molecule has 6 heteroatoms. The molecule has 1 amide bonds. The highest BCUT2D eigenvalue weighted by Gasteiger charge is 2.26. The van der Waals surface area contributed by atoms with Crippen LogP contribution in [0.25, 0.3) is 0 Å². The van der Waals surface area contributed by atoms with Crippen molar-refractivity contribution < 1.29 is 9.72 Å². The monoisotopic (exact) mass is 282 g/mol. The van der Waals surface area contributed by atoms with Crippen LogP contribution in [0, 0.1) is 16.0 Å². The zero-order valence-corrected chi connectivity index (χ0v) is 11.3. The molecule has 5 nitrogen and oxygen atoms in total. The van der Waals surface area contributed by atoms with Crippen molar-refractivity contribution in [3.8, 4) is 0 Å². The van der Waals surface area contributed by atoms with Gasteiger partial charge in [0.15, 0.2) is 0 Å². The van der Waals surface area contributed by atoms with Crippen molar-refractivity contribution in [3.63, 3.8) is 0 Å². The Morgan fingerprint density at radius 2 is 2.21 bits per heavy atom. The van der Waals surface area contributed by atoms with Gasteiger partial charge in [-0.1, -0.05) is 24.9 Å². The number of nitrogens with zero attached hydrogens (tertiary/aromatic N) is 1. The largest absolute Gasteiger partial charge is 0.349 e. The van der Waals surface area contributed by atoms with E-state index in [-0.39, 0.29) is 28.2 Å². The second-order valence-corrected chi connectivity index (χ2v) is 5.32. The van der Waals surface area contributed by atoms with Crippen LogP contribution in [0.15, 0.2) is 18.2 Å². The number of halogens is 1. The van der Waals surface area contributed by atoms with E-state index in [4.69, 9.17) is 11.6 Å². The number of hydrogen-bond donors (Lipinski definition) is 1. The quantitative estimate of drug-likeness (QED) is 0.683. The number of amides is 1. The summed E-state index contributed by atoms with van der Waals surface area (Å²) in [7, 11) is 0. The third kappa shape index (κ3) is 3.04. The smallest absolute Gasteiger partial charge is 0.270 e. The molecule has 1 aromatic rings. The molecule has 0 saturated heterocycles. The second-order valence-electron chi connectivity index (χ2n) is 4.91. The molecule has 2 unspecified atom stereocenters. The van der Waals surface area contributed by atoms with Crippen molar-refractivity contribution in [3.05, 3.63) is 38.9 Å². The predicted octanol–water partition coefficient (Wildman–Crippen LogP) is 3.17. The zero-order chi connectivity index (χ0) is 14.0. The van der Waals surface area contributed by atoms with Crippen LogP contribution in [-0.2, 0) is 0 Å². The molecule has 2 rings (SSSR count). The van der Waals surface area contributed by atoms with Crippen molar-refractivity contribution in [2.45, 2.75) is 32.2 Å². The molecule has 0 spiro atoms. The maximum absolute atomic E-state index is 12.1. The average molecular weight is 283 g/mol. The highest BCUT2D eigenvalue weighted by molar-refractivity contribution is 6.33. The van der Waals surface area contributed by atoms with Crippen molar-refractivity contribution in [1.29, 1.82) is 0 Å². The van der Waals surface area contributed by atoms with Crippen LogP contribution < -0.4 is 5.32 Å². The molecule has 0 aromatic heterocycles. The van der Waals surface area contributed by atoms with Crippen LogP contribution in [0.5, 0.6) is 0 Å². The van der Waals surface area contributed by atoms with E-state index >= 15 is 0 Å².